The van der Waals surface area contributed by atoms with Crippen LogP contribution in [0.2, 0.25) is 0 Å². The van der Waals surface area contributed by atoms with Gasteiger partial charge in [-0.15, -0.1) is 0 Å². The quantitative estimate of drug-likeness (QED) is 0.249. The van der Waals surface area contributed by atoms with Crippen LogP contribution in [0.3, 0.4) is 0 Å². The van der Waals surface area contributed by atoms with E-state index in [0.29, 0.717) is 30.4 Å². The number of fused-ring (bicyclic) bond motifs is 1. The van der Waals surface area contributed by atoms with Gasteiger partial charge in [0.1, 0.15) is 25.6 Å². The number of benzene rings is 3. The van der Waals surface area contributed by atoms with Gasteiger partial charge >= 0.3 is 0 Å². The van der Waals surface area contributed by atoms with Gasteiger partial charge in [0.15, 0.2) is 11.5 Å². The second kappa shape index (κ2) is 10.6. The van der Waals surface area contributed by atoms with Gasteiger partial charge in [-0.05, 0) is 83.6 Å². The van der Waals surface area contributed by atoms with E-state index in [0.717, 1.165) is 25.6 Å². The average Bonchev–Trinajstić information content (AvgIpc) is 2.86. The number of sulfonamides is 1. The van der Waals surface area contributed by atoms with E-state index in [9.17, 15) is 17.6 Å². The first-order valence-corrected chi connectivity index (χ1v) is 13.0. The van der Waals surface area contributed by atoms with Crippen molar-refractivity contribution in [2.24, 2.45) is 5.10 Å². The normalized spacial score (nSPS) is 13.3. The molecular formula is C24H21FIN3O5S. The zero-order valence-corrected chi connectivity index (χ0v) is 21.5. The topological polar surface area (TPSA) is 97.3 Å². The van der Waals surface area contributed by atoms with Gasteiger partial charge in [-0.2, -0.15) is 5.10 Å². The molecule has 182 valence electrons. The molecule has 4 rings (SSSR count). The number of anilines is 1. The summed E-state index contributed by atoms with van der Waals surface area (Å²) in [4.78, 5) is 12.7. The molecule has 0 unspecified atom stereocenters. The van der Waals surface area contributed by atoms with Crippen LogP contribution in [0.4, 0.5) is 10.1 Å². The molecule has 0 bridgehead atoms. The molecule has 0 aliphatic carbocycles. The first-order chi connectivity index (χ1) is 16.7. The Morgan fingerprint density at radius 1 is 1.03 bits per heavy atom. The lowest BCUT2D eigenvalue weighted by molar-refractivity contribution is -0.119. The Kier molecular flexibility index (Phi) is 7.55. The summed E-state index contributed by atoms with van der Waals surface area (Å²) in [7, 11) is -4.23. The monoisotopic (exact) mass is 609 g/mol. The third-order valence-electron chi connectivity index (χ3n) is 5.11. The smallest absolute Gasteiger partial charge is 0.264 e. The van der Waals surface area contributed by atoms with Crippen molar-refractivity contribution in [3.63, 3.8) is 0 Å². The Morgan fingerprint density at radius 2 is 1.69 bits per heavy atom. The standard InChI is InChI=1S/C24H21FIN3O5S/c1-16(17-2-6-19(26)7-3-17)27-28-24(30)15-29(20-8-4-18(25)5-9-20)35(31,32)21-10-11-22-23(14-21)34-13-12-33-22/h2-11,14H,12-13,15H2,1H3,(H,28,30)/b27-16-. The van der Waals surface area contributed by atoms with Crippen LogP contribution in [0.1, 0.15) is 12.5 Å². The van der Waals surface area contributed by atoms with Gasteiger partial charge < -0.3 is 9.47 Å². The van der Waals surface area contributed by atoms with E-state index in [1.807, 2.05) is 24.3 Å². The van der Waals surface area contributed by atoms with E-state index in [1.165, 1.54) is 30.3 Å². The number of nitrogens with one attached hydrogen (secondary N) is 1. The van der Waals surface area contributed by atoms with Crippen molar-refractivity contribution in [3.05, 3.63) is 81.7 Å². The molecule has 3 aromatic carbocycles. The number of rotatable bonds is 7. The van der Waals surface area contributed by atoms with Crippen molar-refractivity contribution in [3.8, 4) is 11.5 Å². The second-order valence-corrected chi connectivity index (χ2v) is 10.6. The van der Waals surface area contributed by atoms with E-state index in [1.54, 1.807) is 6.92 Å². The Bertz CT molecular complexity index is 1360. The summed E-state index contributed by atoms with van der Waals surface area (Å²) >= 11 is 2.19. The summed E-state index contributed by atoms with van der Waals surface area (Å²) in [5.41, 5.74) is 3.89. The van der Waals surface area contributed by atoms with Gasteiger partial charge in [0.2, 0.25) is 0 Å². The zero-order valence-electron chi connectivity index (χ0n) is 18.6. The molecule has 0 fully saturated rings. The molecule has 8 nitrogen and oxygen atoms in total. The predicted octanol–water partition coefficient (Wildman–Crippen LogP) is 3.94. The van der Waals surface area contributed by atoms with Crippen molar-refractivity contribution >= 4 is 49.9 Å². The molecule has 1 aliphatic rings. The summed E-state index contributed by atoms with van der Waals surface area (Å²) < 4.78 is 53.5. The highest BCUT2D eigenvalue weighted by Crippen LogP contribution is 2.34. The minimum atomic E-state index is -4.23. The van der Waals surface area contributed by atoms with E-state index >= 15 is 0 Å². The number of carbonyl (C=O) groups is 1. The van der Waals surface area contributed by atoms with Gasteiger partial charge in [0.05, 0.1) is 16.3 Å². The van der Waals surface area contributed by atoms with E-state index < -0.39 is 28.3 Å². The number of carbonyl (C=O) groups excluding carboxylic acids is 1. The number of hydrogen-bond acceptors (Lipinski definition) is 6. The van der Waals surface area contributed by atoms with Gasteiger partial charge in [-0.1, -0.05) is 12.1 Å². The molecule has 0 spiro atoms. The maximum Gasteiger partial charge on any atom is 0.264 e. The molecule has 1 heterocycles. The molecule has 1 amide bonds. The maximum absolute atomic E-state index is 13.5. The number of hydrogen-bond donors (Lipinski definition) is 1. The lowest BCUT2D eigenvalue weighted by Gasteiger charge is -2.25. The van der Waals surface area contributed by atoms with Gasteiger partial charge in [-0.3, -0.25) is 9.10 Å². The molecule has 11 heteroatoms. The van der Waals surface area contributed by atoms with Crippen molar-refractivity contribution < 1.29 is 27.1 Å². The number of nitrogens with zero attached hydrogens (tertiary/aromatic N) is 2. The Labute approximate surface area is 215 Å². The molecule has 0 aromatic heterocycles. The molecule has 0 saturated heterocycles. The maximum atomic E-state index is 13.5. The van der Waals surface area contributed by atoms with Crippen LogP contribution in [0.25, 0.3) is 0 Å². The van der Waals surface area contributed by atoms with Crippen LogP contribution in [0.5, 0.6) is 11.5 Å². The summed E-state index contributed by atoms with van der Waals surface area (Å²) in [6, 6.07) is 16.6. The fraction of sp³-hybridized carbons (Fsp3) is 0.167. The lowest BCUT2D eigenvalue weighted by Crippen LogP contribution is -2.39. The third kappa shape index (κ3) is 5.90. The molecule has 0 atom stereocenters. The van der Waals surface area contributed by atoms with Crippen molar-refractivity contribution in [1.29, 1.82) is 0 Å². The third-order valence-corrected chi connectivity index (χ3v) is 7.60. The van der Waals surface area contributed by atoms with Crippen molar-refractivity contribution in [1.82, 2.24) is 5.43 Å². The van der Waals surface area contributed by atoms with Gasteiger partial charge in [0.25, 0.3) is 15.9 Å². The molecular weight excluding hydrogens is 588 g/mol. The summed E-state index contributed by atoms with van der Waals surface area (Å²) in [5, 5.41) is 4.09. The minimum absolute atomic E-state index is 0.0996. The summed E-state index contributed by atoms with van der Waals surface area (Å²) in [5.74, 6) is -0.479. The molecule has 3 aromatic rings. The molecule has 35 heavy (non-hydrogen) atoms. The number of amides is 1. The highest BCUT2D eigenvalue weighted by molar-refractivity contribution is 14.1. The Balaban J connectivity index is 1.60. The lowest BCUT2D eigenvalue weighted by atomic mass is 10.1. The fourth-order valence-electron chi connectivity index (χ4n) is 3.30. The SMILES string of the molecule is C/C(=N/NC(=O)CN(c1ccc(F)cc1)S(=O)(=O)c1ccc2c(c1)OCCO2)c1ccc(I)cc1. The molecule has 0 saturated carbocycles. The van der Waals surface area contributed by atoms with Crippen molar-refractivity contribution in [2.45, 2.75) is 11.8 Å². The highest BCUT2D eigenvalue weighted by atomic mass is 127. The summed E-state index contributed by atoms with van der Waals surface area (Å²) in [6.45, 7) is 1.81. The van der Waals surface area contributed by atoms with E-state index in [2.05, 4.69) is 33.1 Å². The van der Waals surface area contributed by atoms with Crippen LogP contribution in [-0.4, -0.2) is 39.8 Å². The van der Waals surface area contributed by atoms with E-state index in [-0.39, 0.29) is 10.6 Å². The average molecular weight is 609 g/mol. The molecule has 0 radical (unpaired) electrons. The number of ether oxygens (including phenoxy) is 2. The fourth-order valence-corrected chi connectivity index (χ4v) is 5.10. The summed E-state index contributed by atoms with van der Waals surface area (Å²) in [6.07, 6.45) is 0. The zero-order chi connectivity index (χ0) is 25.0. The van der Waals surface area contributed by atoms with Crippen LogP contribution < -0.4 is 19.2 Å². The Morgan fingerprint density at radius 3 is 2.37 bits per heavy atom. The molecule has 1 N–H and O–H groups in total. The van der Waals surface area contributed by atoms with Crippen LogP contribution >= 0.6 is 22.6 Å². The van der Waals surface area contributed by atoms with Gasteiger partial charge in [-0.25, -0.2) is 18.2 Å². The minimum Gasteiger partial charge on any atom is -0.486 e. The van der Waals surface area contributed by atoms with Crippen LogP contribution in [0, 0.1) is 9.39 Å². The Hall–Kier alpha value is -3.19. The van der Waals surface area contributed by atoms with Crippen LogP contribution in [0.15, 0.2) is 76.7 Å². The van der Waals surface area contributed by atoms with Crippen molar-refractivity contribution in [2.75, 3.05) is 24.1 Å². The van der Waals surface area contributed by atoms with Crippen LogP contribution in [-0.2, 0) is 14.8 Å². The highest BCUT2D eigenvalue weighted by Gasteiger charge is 2.29. The number of hydrazone groups is 1. The number of halogens is 2. The van der Waals surface area contributed by atoms with Gasteiger partial charge in [0, 0.05) is 9.64 Å². The first kappa shape index (κ1) is 24.9. The predicted molar refractivity (Wildman–Crippen MR) is 138 cm³/mol. The second-order valence-electron chi connectivity index (χ2n) is 7.53. The largest absolute Gasteiger partial charge is 0.486 e. The first-order valence-electron chi connectivity index (χ1n) is 10.5. The van der Waals surface area contributed by atoms with E-state index in [4.69, 9.17) is 9.47 Å². The molecule has 1 aliphatic heterocycles.